The second kappa shape index (κ2) is 8.76. The van der Waals surface area contributed by atoms with E-state index in [1.165, 1.54) is 17.0 Å². The third-order valence-corrected chi connectivity index (χ3v) is 6.49. The number of carbonyl (C=O) groups excluding carboxylic acids is 2. The van der Waals surface area contributed by atoms with E-state index in [0.717, 1.165) is 16.3 Å². The third-order valence-electron chi connectivity index (χ3n) is 6.49. The molecule has 1 heterocycles. The predicted molar refractivity (Wildman–Crippen MR) is 137 cm³/mol. The van der Waals surface area contributed by atoms with Crippen LogP contribution in [0.1, 0.15) is 42.5 Å². The largest absolute Gasteiger partial charge is 0.508 e. The maximum atomic E-state index is 13.3. The number of aliphatic hydroxyl groups is 1. The molecule has 1 aliphatic rings. The van der Waals surface area contributed by atoms with E-state index < -0.39 is 17.7 Å². The first-order valence-electron chi connectivity index (χ1n) is 11.5. The zero-order valence-electron chi connectivity index (χ0n) is 19.5. The van der Waals surface area contributed by atoms with Crippen molar-refractivity contribution in [3.8, 4) is 5.75 Å². The Kier molecular flexibility index (Phi) is 5.61. The van der Waals surface area contributed by atoms with Crippen molar-refractivity contribution in [3.63, 3.8) is 0 Å². The maximum absolute atomic E-state index is 13.3. The van der Waals surface area contributed by atoms with Crippen molar-refractivity contribution < 1.29 is 19.8 Å². The van der Waals surface area contributed by atoms with Crippen molar-refractivity contribution in [3.05, 3.63) is 113 Å². The Morgan fingerprint density at radius 1 is 0.829 bits per heavy atom. The summed E-state index contributed by atoms with van der Waals surface area (Å²) in [5.74, 6) is -1.41. The van der Waals surface area contributed by atoms with Crippen molar-refractivity contribution in [1.82, 2.24) is 0 Å². The molecule has 5 rings (SSSR count). The molecule has 5 nitrogen and oxygen atoms in total. The van der Waals surface area contributed by atoms with Crippen LogP contribution in [0.5, 0.6) is 5.75 Å². The van der Waals surface area contributed by atoms with Gasteiger partial charge in [0.15, 0.2) is 0 Å². The van der Waals surface area contributed by atoms with Crippen LogP contribution in [-0.2, 0) is 9.59 Å². The van der Waals surface area contributed by atoms with Gasteiger partial charge in [-0.15, -0.1) is 0 Å². The van der Waals surface area contributed by atoms with Crippen LogP contribution in [-0.4, -0.2) is 21.9 Å². The van der Waals surface area contributed by atoms with Crippen LogP contribution < -0.4 is 4.90 Å². The lowest BCUT2D eigenvalue weighted by atomic mass is 9.94. The van der Waals surface area contributed by atoms with Gasteiger partial charge >= 0.3 is 0 Å². The summed E-state index contributed by atoms with van der Waals surface area (Å²) in [5, 5.41) is 23.4. The normalized spacial score (nSPS) is 17.5. The molecule has 35 heavy (non-hydrogen) atoms. The summed E-state index contributed by atoms with van der Waals surface area (Å²) in [6.07, 6.45) is 0. The molecule has 0 aliphatic carbocycles. The van der Waals surface area contributed by atoms with Crippen LogP contribution in [0.25, 0.3) is 16.5 Å². The highest BCUT2D eigenvalue weighted by Gasteiger charge is 2.47. The van der Waals surface area contributed by atoms with E-state index in [1.54, 1.807) is 24.3 Å². The van der Waals surface area contributed by atoms with Gasteiger partial charge < -0.3 is 10.2 Å². The molecule has 4 aromatic rings. The van der Waals surface area contributed by atoms with Crippen LogP contribution in [0.2, 0.25) is 0 Å². The number of ketones is 1. The maximum Gasteiger partial charge on any atom is 0.300 e. The molecule has 2 N–H and O–H groups in total. The van der Waals surface area contributed by atoms with Crippen LogP contribution in [0, 0.1) is 0 Å². The highest BCUT2D eigenvalue weighted by atomic mass is 16.3. The molecule has 5 heteroatoms. The number of phenols is 1. The van der Waals surface area contributed by atoms with Crippen molar-refractivity contribution >= 4 is 33.9 Å². The zero-order valence-corrected chi connectivity index (χ0v) is 19.5. The quantitative estimate of drug-likeness (QED) is 0.212. The van der Waals surface area contributed by atoms with E-state index in [0.29, 0.717) is 22.7 Å². The molecule has 1 aliphatic heterocycles. The van der Waals surface area contributed by atoms with Gasteiger partial charge in [-0.25, -0.2) is 0 Å². The molecule has 1 saturated heterocycles. The lowest BCUT2D eigenvalue weighted by molar-refractivity contribution is -0.132. The van der Waals surface area contributed by atoms with Gasteiger partial charge in [0, 0.05) is 11.3 Å². The highest BCUT2D eigenvalue weighted by Crippen LogP contribution is 2.43. The lowest BCUT2D eigenvalue weighted by Crippen LogP contribution is -2.29. The zero-order chi connectivity index (χ0) is 24.7. The smallest absolute Gasteiger partial charge is 0.300 e. The fraction of sp³-hybridized carbons (Fsp3) is 0.133. The lowest BCUT2D eigenvalue weighted by Gasteiger charge is -2.26. The molecule has 1 amide bonds. The Morgan fingerprint density at radius 2 is 1.54 bits per heavy atom. The van der Waals surface area contributed by atoms with E-state index in [1.807, 2.05) is 54.6 Å². The van der Waals surface area contributed by atoms with Gasteiger partial charge in [-0.05, 0) is 58.1 Å². The summed E-state index contributed by atoms with van der Waals surface area (Å²) in [6, 6.07) is 26.2. The summed E-state index contributed by atoms with van der Waals surface area (Å²) in [5.41, 5.74) is 2.61. The molecule has 174 valence electrons. The standard InChI is InChI=1S/C30H25NO4/c1-18(2)19-12-14-24(15-13-19)31-27(22-8-5-9-25(32)17-22)26(29(34)30(31)35)28(33)23-11-10-20-6-3-4-7-21(20)16-23/h3-18,27,32-33H,1-2H3/b28-26-. The van der Waals surface area contributed by atoms with Crippen molar-refractivity contribution in [1.29, 1.82) is 0 Å². The van der Waals surface area contributed by atoms with Gasteiger partial charge in [0.2, 0.25) is 0 Å². The first-order valence-corrected chi connectivity index (χ1v) is 11.5. The fourth-order valence-electron chi connectivity index (χ4n) is 4.62. The van der Waals surface area contributed by atoms with E-state index in [9.17, 15) is 19.8 Å². The van der Waals surface area contributed by atoms with Crippen molar-refractivity contribution in [2.24, 2.45) is 0 Å². The van der Waals surface area contributed by atoms with Crippen LogP contribution in [0.4, 0.5) is 5.69 Å². The Morgan fingerprint density at radius 3 is 2.23 bits per heavy atom. The summed E-state index contributed by atoms with van der Waals surface area (Å²) < 4.78 is 0. The third kappa shape index (κ3) is 3.95. The molecular formula is C30H25NO4. The number of fused-ring (bicyclic) bond motifs is 1. The second-order valence-electron chi connectivity index (χ2n) is 9.07. The number of aliphatic hydroxyl groups excluding tert-OH is 1. The molecule has 0 aromatic heterocycles. The highest BCUT2D eigenvalue weighted by molar-refractivity contribution is 6.51. The Labute approximate surface area is 203 Å². The number of aromatic hydroxyl groups is 1. The minimum atomic E-state index is -0.890. The molecular weight excluding hydrogens is 438 g/mol. The monoisotopic (exact) mass is 463 g/mol. The number of Topliss-reactive ketones (excluding diaryl/α,β-unsaturated/α-hetero) is 1. The van der Waals surface area contributed by atoms with E-state index in [2.05, 4.69) is 13.8 Å². The van der Waals surface area contributed by atoms with Gasteiger partial charge in [-0.1, -0.05) is 74.5 Å². The van der Waals surface area contributed by atoms with Gasteiger partial charge in [0.1, 0.15) is 11.5 Å². The van der Waals surface area contributed by atoms with Gasteiger partial charge in [0.25, 0.3) is 11.7 Å². The number of nitrogens with zero attached hydrogens (tertiary/aromatic N) is 1. The number of rotatable bonds is 4. The minimum Gasteiger partial charge on any atom is -0.508 e. The number of anilines is 1. The number of hydrogen-bond acceptors (Lipinski definition) is 4. The summed E-state index contributed by atoms with van der Waals surface area (Å²) >= 11 is 0. The summed E-state index contributed by atoms with van der Waals surface area (Å²) in [4.78, 5) is 28.1. The molecule has 0 spiro atoms. The SMILES string of the molecule is CC(C)c1ccc(N2C(=O)C(=O)/C(=C(\O)c3ccc4ccccc4c3)C2c2cccc(O)c2)cc1. The molecule has 1 fully saturated rings. The van der Waals surface area contributed by atoms with E-state index >= 15 is 0 Å². The first-order chi connectivity index (χ1) is 16.8. The predicted octanol–water partition coefficient (Wildman–Crippen LogP) is 6.30. The van der Waals surface area contributed by atoms with Gasteiger partial charge in [0.05, 0.1) is 11.6 Å². The average molecular weight is 464 g/mol. The minimum absolute atomic E-state index is 0.00829. The average Bonchev–Trinajstić information content (AvgIpc) is 3.13. The molecule has 1 unspecified atom stereocenters. The number of phenolic OH excluding ortho intramolecular Hbond substituents is 1. The Hall–Kier alpha value is -4.38. The topological polar surface area (TPSA) is 77.8 Å². The Bertz CT molecular complexity index is 1480. The Balaban J connectivity index is 1.70. The van der Waals surface area contributed by atoms with Crippen molar-refractivity contribution in [2.45, 2.75) is 25.8 Å². The first kappa shape index (κ1) is 22.4. The van der Waals surface area contributed by atoms with Crippen LogP contribution in [0.3, 0.4) is 0 Å². The number of amides is 1. The summed E-state index contributed by atoms with van der Waals surface area (Å²) in [7, 11) is 0. The van der Waals surface area contributed by atoms with E-state index in [4.69, 9.17) is 0 Å². The van der Waals surface area contributed by atoms with Gasteiger partial charge in [-0.2, -0.15) is 0 Å². The van der Waals surface area contributed by atoms with Crippen molar-refractivity contribution in [2.75, 3.05) is 4.90 Å². The number of benzene rings is 4. The van der Waals surface area contributed by atoms with Crippen LogP contribution in [0.15, 0.2) is 96.6 Å². The molecule has 0 bridgehead atoms. The molecule has 1 atom stereocenters. The molecule has 4 aromatic carbocycles. The van der Waals surface area contributed by atoms with Gasteiger partial charge in [-0.3, -0.25) is 14.5 Å². The summed E-state index contributed by atoms with van der Waals surface area (Å²) in [6.45, 7) is 4.16. The fourth-order valence-corrected chi connectivity index (χ4v) is 4.62. The molecule has 0 saturated carbocycles. The van der Waals surface area contributed by atoms with Crippen LogP contribution >= 0.6 is 0 Å². The van der Waals surface area contributed by atoms with E-state index in [-0.39, 0.29) is 17.1 Å². The number of hydrogen-bond donors (Lipinski definition) is 2. The molecule has 0 radical (unpaired) electrons. The number of carbonyl (C=O) groups is 2. The second-order valence-corrected chi connectivity index (χ2v) is 9.07.